The van der Waals surface area contributed by atoms with E-state index in [1.807, 2.05) is 65.5 Å². The minimum Gasteiger partial charge on any atom is -0.324 e. The third-order valence-corrected chi connectivity index (χ3v) is 4.46. The van der Waals surface area contributed by atoms with Crippen molar-refractivity contribution in [1.82, 2.24) is 4.57 Å². The number of benzene rings is 2. The highest BCUT2D eigenvalue weighted by molar-refractivity contribution is 6.15. The third kappa shape index (κ3) is 2.59. The fraction of sp³-hybridized carbons (Fsp3) is 0.100. The maximum atomic E-state index is 13.0. The number of aromatic nitrogens is 1. The monoisotopic (exact) mass is 331 g/mol. The van der Waals surface area contributed by atoms with Crippen molar-refractivity contribution < 1.29 is 9.59 Å². The molecule has 1 aliphatic heterocycles. The molecule has 2 aromatic carbocycles. The first-order valence-electron chi connectivity index (χ1n) is 8.06. The number of para-hydroxylation sites is 2. The fourth-order valence-electron chi connectivity index (χ4n) is 3.06. The molecular weight excluding hydrogens is 314 g/mol. The summed E-state index contributed by atoms with van der Waals surface area (Å²) in [7, 11) is 1.73. The molecule has 5 nitrogen and oxygen atoms in total. The molecule has 0 fully saturated rings. The van der Waals surface area contributed by atoms with Gasteiger partial charge in [-0.15, -0.1) is 0 Å². The SMILES string of the molecule is CN1C(=O)CN(C(=O)c2ccc(-n3cccc3)cc2)c2ccccc21. The quantitative estimate of drug-likeness (QED) is 0.724. The van der Waals surface area contributed by atoms with Crippen LogP contribution in [0.5, 0.6) is 0 Å². The number of rotatable bonds is 2. The second-order valence-corrected chi connectivity index (χ2v) is 5.97. The van der Waals surface area contributed by atoms with Crippen LogP contribution in [-0.2, 0) is 4.79 Å². The Bertz CT molecular complexity index is 930. The lowest BCUT2D eigenvalue weighted by atomic mass is 10.1. The summed E-state index contributed by atoms with van der Waals surface area (Å²) >= 11 is 0. The van der Waals surface area contributed by atoms with Gasteiger partial charge >= 0.3 is 0 Å². The van der Waals surface area contributed by atoms with E-state index in [0.29, 0.717) is 5.56 Å². The fourth-order valence-corrected chi connectivity index (χ4v) is 3.06. The predicted molar refractivity (Wildman–Crippen MR) is 97.3 cm³/mol. The molecule has 0 saturated carbocycles. The molecular formula is C20H17N3O2. The molecule has 0 spiro atoms. The van der Waals surface area contributed by atoms with E-state index in [9.17, 15) is 9.59 Å². The molecule has 5 heteroatoms. The smallest absolute Gasteiger partial charge is 0.258 e. The van der Waals surface area contributed by atoms with E-state index >= 15 is 0 Å². The summed E-state index contributed by atoms with van der Waals surface area (Å²) in [5.41, 5.74) is 3.04. The first-order chi connectivity index (χ1) is 12.1. The molecule has 124 valence electrons. The number of hydrogen-bond acceptors (Lipinski definition) is 2. The first-order valence-corrected chi connectivity index (χ1v) is 8.06. The Hall–Kier alpha value is -3.34. The zero-order valence-corrected chi connectivity index (χ0v) is 13.8. The highest BCUT2D eigenvalue weighted by atomic mass is 16.2. The van der Waals surface area contributed by atoms with Crippen LogP contribution in [0.2, 0.25) is 0 Å². The largest absolute Gasteiger partial charge is 0.324 e. The number of amides is 2. The first kappa shape index (κ1) is 15.2. The summed E-state index contributed by atoms with van der Waals surface area (Å²) in [4.78, 5) is 28.3. The van der Waals surface area contributed by atoms with Crippen LogP contribution in [0, 0.1) is 0 Å². The molecule has 25 heavy (non-hydrogen) atoms. The lowest BCUT2D eigenvalue weighted by Gasteiger charge is -2.34. The zero-order valence-electron chi connectivity index (χ0n) is 13.8. The topological polar surface area (TPSA) is 45.6 Å². The van der Waals surface area contributed by atoms with Crippen molar-refractivity contribution in [3.05, 3.63) is 78.6 Å². The van der Waals surface area contributed by atoms with E-state index in [0.717, 1.165) is 17.1 Å². The molecule has 4 rings (SSSR count). The molecule has 1 aromatic heterocycles. The van der Waals surface area contributed by atoms with Crippen molar-refractivity contribution >= 4 is 23.2 Å². The van der Waals surface area contributed by atoms with Crippen LogP contribution >= 0.6 is 0 Å². The van der Waals surface area contributed by atoms with Crippen molar-refractivity contribution in [3.63, 3.8) is 0 Å². The average molecular weight is 331 g/mol. The van der Waals surface area contributed by atoms with Crippen LogP contribution in [0.3, 0.4) is 0 Å². The Morgan fingerprint density at radius 2 is 1.52 bits per heavy atom. The molecule has 2 amide bonds. The van der Waals surface area contributed by atoms with Gasteiger partial charge in [-0.25, -0.2) is 0 Å². The van der Waals surface area contributed by atoms with Gasteiger partial charge in [-0.1, -0.05) is 12.1 Å². The van der Waals surface area contributed by atoms with Crippen LogP contribution in [-0.4, -0.2) is 30.0 Å². The molecule has 1 aliphatic rings. The number of likely N-dealkylation sites (N-methyl/N-ethyl adjacent to an activating group) is 1. The molecule has 0 bridgehead atoms. The van der Waals surface area contributed by atoms with E-state index < -0.39 is 0 Å². The molecule has 0 aliphatic carbocycles. The maximum absolute atomic E-state index is 13.0. The summed E-state index contributed by atoms with van der Waals surface area (Å²) in [5, 5.41) is 0. The van der Waals surface area contributed by atoms with E-state index in [1.54, 1.807) is 29.0 Å². The second kappa shape index (κ2) is 5.94. The second-order valence-electron chi connectivity index (χ2n) is 5.97. The van der Waals surface area contributed by atoms with Crippen LogP contribution in [0.25, 0.3) is 5.69 Å². The van der Waals surface area contributed by atoms with Gasteiger partial charge in [0.15, 0.2) is 0 Å². The molecule has 3 aromatic rings. The minimum absolute atomic E-state index is 0.0473. The maximum Gasteiger partial charge on any atom is 0.258 e. The zero-order chi connectivity index (χ0) is 17.4. The minimum atomic E-state index is -0.173. The normalized spacial score (nSPS) is 13.7. The Kier molecular flexibility index (Phi) is 3.61. The van der Waals surface area contributed by atoms with Crippen LogP contribution < -0.4 is 9.80 Å². The Labute approximate surface area is 145 Å². The van der Waals surface area contributed by atoms with E-state index in [1.165, 1.54) is 0 Å². The lowest BCUT2D eigenvalue weighted by molar-refractivity contribution is -0.117. The van der Waals surface area contributed by atoms with Crippen molar-refractivity contribution in [2.45, 2.75) is 0 Å². The Morgan fingerprint density at radius 1 is 0.880 bits per heavy atom. The van der Waals surface area contributed by atoms with Crippen molar-refractivity contribution in [2.75, 3.05) is 23.4 Å². The molecule has 0 atom stereocenters. The van der Waals surface area contributed by atoms with Gasteiger partial charge in [0, 0.05) is 30.7 Å². The van der Waals surface area contributed by atoms with Gasteiger partial charge in [-0.05, 0) is 48.5 Å². The summed E-state index contributed by atoms with van der Waals surface area (Å²) in [5.74, 6) is -0.274. The highest BCUT2D eigenvalue weighted by Gasteiger charge is 2.30. The van der Waals surface area contributed by atoms with Gasteiger partial charge in [0.05, 0.1) is 11.4 Å². The molecule has 0 saturated heterocycles. The number of hydrogen-bond donors (Lipinski definition) is 0. The van der Waals surface area contributed by atoms with Gasteiger partial charge in [0.1, 0.15) is 6.54 Å². The molecule has 0 radical (unpaired) electrons. The molecule has 0 unspecified atom stereocenters. The number of fused-ring (bicyclic) bond motifs is 1. The van der Waals surface area contributed by atoms with Gasteiger partial charge in [0.2, 0.25) is 5.91 Å². The van der Waals surface area contributed by atoms with E-state index in [4.69, 9.17) is 0 Å². The Morgan fingerprint density at radius 3 is 2.20 bits per heavy atom. The van der Waals surface area contributed by atoms with Crippen LogP contribution in [0.1, 0.15) is 10.4 Å². The summed E-state index contributed by atoms with van der Waals surface area (Å²) < 4.78 is 1.98. The summed E-state index contributed by atoms with van der Waals surface area (Å²) in [6.07, 6.45) is 3.90. The molecule has 2 heterocycles. The van der Waals surface area contributed by atoms with Crippen LogP contribution in [0.4, 0.5) is 11.4 Å². The average Bonchev–Trinajstić information content (AvgIpc) is 3.19. The van der Waals surface area contributed by atoms with Crippen molar-refractivity contribution in [1.29, 1.82) is 0 Å². The summed E-state index contributed by atoms with van der Waals surface area (Å²) in [6, 6.07) is 18.7. The third-order valence-electron chi connectivity index (χ3n) is 4.46. The van der Waals surface area contributed by atoms with E-state index in [2.05, 4.69) is 0 Å². The number of carbonyl (C=O) groups excluding carboxylic acids is 2. The van der Waals surface area contributed by atoms with Gasteiger partial charge < -0.3 is 9.47 Å². The lowest BCUT2D eigenvalue weighted by Crippen LogP contribution is -2.46. The van der Waals surface area contributed by atoms with Crippen molar-refractivity contribution in [3.8, 4) is 5.69 Å². The highest BCUT2D eigenvalue weighted by Crippen LogP contribution is 2.33. The van der Waals surface area contributed by atoms with Crippen molar-refractivity contribution in [2.24, 2.45) is 0 Å². The standard InChI is InChI=1S/C20H17N3O2/c1-21-17-6-2-3-7-18(17)23(14-19(21)24)20(25)15-8-10-16(11-9-15)22-12-4-5-13-22/h2-13H,14H2,1H3. The predicted octanol–water partition coefficient (Wildman–Crippen LogP) is 3.10. The molecule has 0 N–H and O–H groups in total. The van der Waals surface area contributed by atoms with Gasteiger partial charge in [-0.2, -0.15) is 0 Å². The number of anilines is 2. The number of carbonyl (C=O) groups is 2. The number of nitrogens with zero attached hydrogens (tertiary/aromatic N) is 3. The van der Waals surface area contributed by atoms with E-state index in [-0.39, 0.29) is 18.4 Å². The van der Waals surface area contributed by atoms with Crippen LogP contribution in [0.15, 0.2) is 73.1 Å². The van der Waals surface area contributed by atoms with Gasteiger partial charge in [0.25, 0.3) is 5.91 Å². The van der Waals surface area contributed by atoms with Gasteiger partial charge in [-0.3, -0.25) is 14.5 Å². The Balaban J connectivity index is 1.67. The summed E-state index contributed by atoms with van der Waals surface area (Å²) in [6.45, 7) is 0.0473.